The summed E-state index contributed by atoms with van der Waals surface area (Å²) in [4.78, 5) is 6.91. The predicted octanol–water partition coefficient (Wildman–Crippen LogP) is 3.76. The van der Waals surface area contributed by atoms with E-state index in [0.717, 1.165) is 42.6 Å². The summed E-state index contributed by atoms with van der Waals surface area (Å²) in [6.07, 6.45) is 0. The van der Waals surface area contributed by atoms with Crippen LogP contribution in [0.2, 0.25) is 5.02 Å². The largest absolute Gasteiger partial charge is 0.379 e. The first kappa shape index (κ1) is 21.0. The number of hydrogen-bond donors (Lipinski definition) is 2. The van der Waals surface area contributed by atoms with Crippen LogP contribution in [0.4, 0.5) is 5.69 Å². The van der Waals surface area contributed by atoms with Crippen molar-refractivity contribution < 1.29 is 4.74 Å². The Morgan fingerprint density at radius 1 is 1.12 bits per heavy atom. The van der Waals surface area contributed by atoms with Crippen molar-refractivity contribution in [3.8, 4) is 0 Å². The quantitative estimate of drug-likeness (QED) is 0.384. The molecule has 26 heavy (non-hydrogen) atoms. The summed E-state index contributed by atoms with van der Waals surface area (Å²) in [6.45, 7) is 3.70. The van der Waals surface area contributed by atoms with Gasteiger partial charge in [-0.2, -0.15) is 0 Å². The van der Waals surface area contributed by atoms with Crippen molar-refractivity contribution in [2.45, 2.75) is 6.04 Å². The van der Waals surface area contributed by atoms with Gasteiger partial charge in [0.1, 0.15) is 0 Å². The smallest absolute Gasteiger partial charge is 0.193 e. The van der Waals surface area contributed by atoms with Crippen LogP contribution in [0.3, 0.4) is 0 Å². The third kappa shape index (κ3) is 5.84. The Morgan fingerprint density at radius 2 is 1.77 bits per heavy atom. The van der Waals surface area contributed by atoms with Crippen molar-refractivity contribution in [1.29, 1.82) is 0 Å². The molecule has 1 aliphatic rings. The van der Waals surface area contributed by atoms with Crippen molar-refractivity contribution in [2.24, 2.45) is 10.7 Å². The van der Waals surface area contributed by atoms with E-state index >= 15 is 0 Å². The molecule has 0 spiro atoms. The Morgan fingerprint density at radius 3 is 2.46 bits per heavy atom. The molecular formula is C19H24ClIN4O. The third-order valence-electron chi connectivity index (χ3n) is 4.23. The number of aliphatic imine (C=N–C) groups is 1. The molecule has 0 aliphatic carbocycles. The zero-order valence-corrected chi connectivity index (χ0v) is 17.6. The van der Waals surface area contributed by atoms with Gasteiger partial charge in [-0.15, -0.1) is 24.0 Å². The second-order valence-electron chi connectivity index (χ2n) is 5.90. The van der Waals surface area contributed by atoms with Crippen molar-refractivity contribution in [2.75, 3.05) is 38.2 Å². The summed E-state index contributed by atoms with van der Waals surface area (Å²) in [5.74, 6) is 0.400. The molecule has 0 amide bonds. The second-order valence-corrected chi connectivity index (χ2v) is 6.31. The van der Waals surface area contributed by atoms with Gasteiger partial charge in [-0.05, 0) is 23.8 Å². The van der Waals surface area contributed by atoms with Gasteiger partial charge < -0.3 is 15.8 Å². The number of guanidine groups is 1. The number of para-hydroxylation sites is 1. The summed E-state index contributed by atoms with van der Waals surface area (Å²) < 4.78 is 5.47. The fourth-order valence-corrected chi connectivity index (χ4v) is 3.20. The number of nitrogens with one attached hydrogen (secondary N) is 1. The summed E-state index contributed by atoms with van der Waals surface area (Å²) >= 11 is 6.43. The van der Waals surface area contributed by atoms with E-state index in [1.54, 1.807) is 0 Å². The highest BCUT2D eigenvalue weighted by atomic mass is 127. The summed E-state index contributed by atoms with van der Waals surface area (Å²) in [5, 5.41) is 3.87. The second kappa shape index (κ2) is 10.7. The van der Waals surface area contributed by atoms with E-state index in [1.165, 1.54) is 0 Å². The maximum atomic E-state index is 6.43. The first-order chi connectivity index (χ1) is 12.2. The van der Waals surface area contributed by atoms with Gasteiger partial charge in [0.15, 0.2) is 5.96 Å². The normalized spacial score (nSPS) is 16.6. The summed E-state index contributed by atoms with van der Waals surface area (Å²) in [7, 11) is 0. The van der Waals surface area contributed by atoms with Gasteiger partial charge in [0, 0.05) is 23.8 Å². The zero-order chi connectivity index (χ0) is 17.5. The Bertz CT molecular complexity index is 708. The topological polar surface area (TPSA) is 62.9 Å². The Balaban J connectivity index is 0.00000243. The Labute approximate surface area is 176 Å². The Kier molecular flexibility index (Phi) is 8.64. The third-order valence-corrected chi connectivity index (χ3v) is 4.58. The molecule has 2 aromatic rings. The molecule has 1 unspecified atom stereocenters. The molecule has 1 fully saturated rings. The van der Waals surface area contributed by atoms with Crippen LogP contribution in [-0.4, -0.2) is 43.7 Å². The molecule has 140 valence electrons. The number of halogens is 2. The van der Waals surface area contributed by atoms with Gasteiger partial charge in [-0.3, -0.25) is 9.89 Å². The lowest BCUT2D eigenvalue weighted by Crippen LogP contribution is -2.40. The maximum Gasteiger partial charge on any atom is 0.193 e. The molecule has 1 heterocycles. The average molecular weight is 487 g/mol. The molecule has 2 aromatic carbocycles. The number of benzene rings is 2. The van der Waals surface area contributed by atoms with Crippen molar-refractivity contribution >= 4 is 47.2 Å². The zero-order valence-electron chi connectivity index (χ0n) is 14.5. The molecule has 0 bridgehead atoms. The summed E-state index contributed by atoms with van der Waals surface area (Å²) in [6, 6.07) is 17.8. The van der Waals surface area contributed by atoms with Gasteiger partial charge in [-0.1, -0.05) is 48.0 Å². The van der Waals surface area contributed by atoms with E-state index in [-0.39, 0.29) is 30.0 Å². The minimum atomic E-state index is 0. The lowest BCUT2D eigenvalue weighted by molar-refractivity contribution is 0.0180. The molecule has 0 radical (unpaired) electrons. The number of morpholine rings is 1. The highest BCUT2D eigenvalue weighted by molar-refractivity contribution is 14.0. The van der Waals surface area contributed by atoms with E-state index in [1.807, 2.05) is 48.5 Å². The number of rotatable bonds is 5. The molecule has 0 aromatic heterocycles. The molecule has 0 saturated carbocycles. The van der Waals surface area contributed by atoms with Crippen molar-refractivity contribution in [3.63, 3.8) is 0 Å². The molecule has 1 saturated heterocycles. The van der Waals surface area contributed by atoms with Crippen LogP contribution in [0.25, 0.3) is 0 Å². The molecule has 7 heteroatoms. The van der Waals surface area contributed by atoms with Crippen LogP contribution in [0.1, 0.15) is 11.6 Å². The van der Waals surface area contributed by atoms with Crippen LogP contribution in [0, 0.1) is 0 Å². The number of hydrogen-bond acceptors (Lipinski definition) is 3. The molecule has 1 aliphatic heterocycles. The first-order valence-electron chi connectivity index (χ1n) is 8.42. The number of anilines is 1. The molecule has 1 atom stereocenters. The van der Waals surface area contributed by atoms with Crippen molar-refractivity contribution in [1.82, 2.24) is 4.90 Å². The van der Waals surface area contributed by atoms with Crippen LogP contribution < -0.4 is 11.1 Å². The van der Waals surface area contributed by atoms with Gasteiger partial charge >= 0.3 is 0 Å². The van der Waals surface area contributed by atoms with E-state index in [2.05, 4.69) is 21.3 Å². The Hall–Kier alpha value is -1.35. The van der Waals surface area contributed by atoms with Crippen molar-refractivity contribution in [3.05, 3.63) is 65.2 Å². The summed E-state index contributed by atoms with van der Waals surface area (Å²) in [5.41, 5.74) is 8.05. The minimum Gasteiger partial charge on any atom is -0.379 e. The first-order valence-corrected chi connectivity index (χ1v) is 8.80. The van der Waals surface area contributed by atoms with Gasteiger partial charge in [-0.25, -0.2) is 0 Å². The van der Waals surface area contributed by atoms with Crippen LogP contribution >= 0.6 is 35.6 Å². The molecular weight excluding hydrogens is 463 g/mol. The van der Waals surface area contributed by atoms with Gasteiger partial charge in [0.25, 0.3) is 0 Å². The van der Waals surface area contributed by atoms with E-state index in [4.69, 9.17) is 22.1 Å². The fourth-order valence-electron chi connectivity index (χ4n) is 2.94. The monoisotopic (exact) mass is 486 g/mol. The maximum absolute atomic E-state index is 6.43. The predicted molar refractivity (Wildman–Crippen MR) is 119 cm³/mol. The van der Waals surface area contributed by atoms with Crippen LogP contribution in [-0.2, 0) is 4.74 Å². The highest BCUT2D eigenvalue weighted by Crippen LogP contribution is 2.28. The lowest BCUT2D eigenvalue weighted by atomic mass is 10.0. The molecule has 3 N–H and O–H groups in total. The van der Waals surface area contributed by atoms with E-state index in [0.29, 0.717) is 12.5 Å². The van der Waals surface area contributed by atoms with E-state index in [9.17, 15) is 0 Å². The van der Waals surface area contributed by atoms with Crippen LogP contribution in [0.15, 0.2) is 59.6 Å². The minimum absolute atomic E-state index is 0. The molecule has 3 rings (SSSR count). The number of nitrogens with two attached hydrogens (primary N) is 1. The standard InChI is InChI=1S/C19H23ClN4O.HI/c20-17-9-5-4-8-16(17)18(24-10-12-25-13-11-24)14-22-19(21)23-15-6-2-1-3-7-15;/h1-9,18H,10-14H2,(H3,21,22,23);1H. The molecule has 5 nitrogen and oxygen atoms in total. The lowest BCUT2D eigenvalue weighted by Gasteiger charge is -2.34. The highest BCUT2D eigenvalue weighted by Gasteiger charge is 2.24. The van der Waals surface area contributed by atoms with Gasteiger partial charge in [0.2, 0.25) is 0 Å². The SMILES string of the molecule is I.NC(=NCC(c1ccccc1Cl)N1CCOCC1)Nc1ccccc1. The average Bonchev–Trinajstić information content (AvgIpc) is 2.65. The van der Waals surface area contributed by atoms with Crippen LogP contribution in [0.5, 0.6) is 0 Å². The number of nitrogens with zero attached hydrogens (tertiary/aromatic N) is 2. The number of ether oxygens (including phenoxy) is 1. The fraction of sp³-hybridized carbons (Fsp3) is 0.316. The van der Waals surface area contributed by atoms with Gasteiger partial charge in [0.05, 0.1) is 25.8 Å². The van der Waals surface area contributed by atoms with E-state index < -0.39 is 0 Å².